The smallest absolute Gasteiger partial charge is 0.258 e. The molecule has 2 saturated heterocycles. The number of likely N-dealkylation sites (N-methyl/N-ethyl adjacent to an activating group) is 1. The molecule has 2 aromatic carbocycles. The number of ether oxygens (including phenoxy) is 1. The number of pyridine rings is 1. The lowest BCUT2D eigenvalue weighted by Gasteiger charge is -2.34. The van der Waals surface area contributed by atoms with Gasteiger partial charge < -0.3 is 30.5 Å². The first-order chi connectivity index (χ1) is 19.9. The SMILES string of the molecule is CN1CCN(c2ccc(C(=O)Nc3n[nH]c4ncc(Nc5cc(F)cc(F)c5)cc34)c(NC3CCOCC3)c2)CC1. The first-order valence-electron chi connectivity index (χ1n) is 13.7. The van der Waals surface area contributed by atoms with Crippen LogP contribution in [0.25, 0.3) is 11.0 Å². The van der Waals surface area contributed by atoms with E-state index in [9.17, 15) is 13.6 Å². The molecule has 0 atom stereocenters. The molecule has 0 saturated carbocycles. The van der Waals surface area contributed by atoms with E-state index < -0.39 is 11.6 Å². The predicted molar refractivity (Wildman–Crippen MR) is 155 cm³/mol. The Hall–Kier alpha value is -4.29. The van der Waals surface area contributed by atoms with Crippen molar-refractivity contribution < 1.29 is 18.3 Å². The van der Waals surface area contributed by atoms with E-state index in [0.29, 0.717) is 41.3 Å². The number of anilines is 5. The number of hydrogen-bond acceptors (Lipinski definition) is 8. The van der Waals surface area contributed by atoms with E-state index in [-0.39, 0.29) is 17.6 Å². The van der Waals surface area contributed by atoms with Crippen LogP contribution in [0.4, 0.5) is 37.3 Å². The molecule has 4 N–H and O–H groups in total. The van der Waals surface area contributed by atoms with E-state index in [4.69, 9.17) is 4.74 Å². The summed E-state index contributed by atoms with van der Waals surface area (Å²) in [6.45, 7) is 5.17. The van der Waals surface area contributed by atoms with E-state index in [1.807, 2.05) is 12.1 Å². The number of aromatic amines is 1. The largest absolute Gasteiger partial charge is 0.381 e. The fraction of sp³-hybridized carbons (Fsp3) is 0.345. The molecule has 4 aromatic rings. The number of halogens is 2. The van der Waals surface area contributed by atoms with Crippen LogP contribution in [0, 0.1) is 11.6 Å². The van der Waals surface area contributed by atoms with Gasteiger partial charge in [-0.15, -0.1) is 0 Å². The molecule has 2 fully saturated rings. The monoisotopic (exact) mass is 562 g/mol. The zero-order valence-corrected chi connectivity index (χ0v) is 22.7. The second-order valence-electron chi connectivity index (χ2n) is 10.5. The van der Waals surface area contributed by atoms with Crippen molar-refractivity contribution >= 4 is 45.5 Å². The van der Waals surface area contributed by atoms with E-state index in [2.05, 4.69) is 54.0 Å². The van der Waals surface area contributed by atoms with Crippen LogP contribution in [0.1, 0.15) is 23.2 Å². The van der Waals surface area contributed by atoms with Crippen molar-refractivity contribution in [2.45, 2.75) is 18.9 Å². The van der Waals surface area contributed by atoms with Gasteiger partial charge in [0.05, 0.1) is 22.8 Å². The Labute approximate surface area is 236 Å². The number of fused-ring (bicyclic) bond motifs is 1. The molecular weight excluding hydrogens is 530 g/mol. The summed E-state index contributed by atoms with van der Waals surface area (Å²) in [6.07, 6.45) is 3.24. The van der Waals surface area contributed by atoms with Gasteiger partial charge in [0.1, 0.15) is 11.6 Å². The van der Waals surface area contributed by atoms with Gasteiger partial charge in [0, 0.05) is 68.6 Å². The number of nitrogens with one attached hydrogen (secondary N) is 4. The molecule has 0 spiro atoms. The van der Waals surface area contributed by atoms with Gasteiger partial charge in [-0.25, -0.2) is 13.8 Å². The molecule has 10 nitrogen and oxygen atoms in total. The molecule has 4 heterocycles. The van der Waals surface area contributed by atoms with Gasteiger partial charge >= 0.3 is 0 Å². The number of benzene rings is 2. The van der Waals surface area contributed by atoms with Crippen LogP contribution in [0.2, 0.25) is 0 Å². The summed E-state index contributed by atoms with van der Waals surface area (Å²) in [6, 6.07) is 11.0. The Morgan fingerprint density at radius 3 is 2.51 bits per heavy atom. The lowest BCUT2D eigenvalue weighted by molar-refractivity contribution is 0.0904. The van der Waals surface area contributed by atoms with Crippen LogP contribution in [0.3, 0.4) is 0 Å². The van der Waals surface area contributed by atoms with Crippen molar-refractivity contribution in [3.8, 4) is 0 Å². The summed E-state index contributed by atoms with van der Waals surface area (Å²) < 4.78 is 32.8. The maximum atomic E-state index is 13.7. The van der Waals surface area contributed by atoms with Gasteiger partial charge in [0.2, 0.25) is 0 Å². The van der Waals surface area contributed by atoms with Crippen LogP contribution in [0.15, 0.2) is 48.7 Å². The van der Waals surface area contributed by atoms with Crippen LogP contribution < -0.4 is 20.9 Å². The third-order valence-electron chi connectivity index (χ3n) is 7.50. The molecule has 6 rings (SSSR count). The van der Waals surface area contributed by atoms with E-state index >= 15 is 0 Å². The summed E-state index contributed by atoms with van der Waals surface area (Å²) in [4.78, 5) is 22.6. The summed E-state index contributed by atoms with van der Waals surface area (Å²) in [5.41, 5.74) is 3.52. The summed E-state index contributed by atoms with van der Waals surface area (Å²) in [5, 5.41) is 17.1. The average molecular weight is 563 g/mol. The quantitative estimate of drug-likeness (QED) is 0.259. The predicted octanol–water partition coefficient (Wildman–Crippen LogP) is 4.57. The second kappa shape index (κ2) is 11.7. The minimum Gasteiger partial charge on any atom is -0.381 e. The fourth-order valence-corrected chi connectivity index (χ4v) is 5.21. The Morgan fingerprint density at radius 2 is 1.76 bits per heavy atom. The third kappa shape index (κ3) is 6.23. The highest BCUT2D eigenvalue weighted by molar-refractivity contribution is 6.11. The first kappa shape index (κ1) is 26.9. The number of carbonyl (C=O) groups excluding carboxylic acids is 1. The maximum absolute atomic E-state index is 13.7. The lowest BCUT2D eigenvalue weighted by Crippen LogP contribution is -2.44. The van der Waals surface area contributed by atoms with Gasteiger partial charge in [-0.2, -0.15) is 5.10 Å². The van der Waals surface area contributed by atoms with E-state index in [1.165, 1.54) is 18.3 Å². The topological polar surface area (TPSA) is 110 Å². The standard InChI is InChI=1S/C29H32F2N8O2/c1-38-6-8-39(9-7-38)23-2-3-24(26(16-23)34-20-4-10-41-11-5-20)29(40)35-28-25-15-22(17-32-27(25)36-37-28)33-21-13-18(30)12-19(31)14-21/h2-3,12-17,20,33-34H,4-11H2,1H3,(H2,32,35,36,37,40). The second-order valence-corrected chi connectivity index (χ2v) is 10.5. The van der Waals surface area contributed by atoms with Gasteiger partial charge in [-0.05, 0) is 56.3 Å². The molecular formula is C29H32F2N8O2. The molecule has 2 aromatic heterocycles. The number of nitrogens with zero attached hydrogens (tertiary/aromatic N) is 4. The first-order valence-corrected chi connectivity index (χ1v) is 13.7. The van der Waals surface area contributed by atoms with Crippen molar-refractivity contribution in [1.29, 1.82) is 0 Å². The Bertz CT molecular complexity index is 1530. The molecule has 0 radical (unpaired) electrons. The van der Waals surface area contributed by atoms with Gasteiger partial charge in [-0.3, -0.25) is 9.89 Å². The molecule has 1 amide bonds. The minimum atomic E-state index is -0.693. The van der Waals surface area contributed by atoms with Gasteiger partial charge in [0.15, 0.2) is 11.5 Å². The highest BCUT2D eigenvalue weighted by Crippen LogP contribution is 2.29. The zero-order chi connectivity index (χ0) is 28.3. The van der Waals surface area contributed by atoms with Crippen molar-refractivity contribution in [1.82, 2.24) is 20.1 Å². The number of H-pyrrole nitrogens is 1. The van der Waals surface area contributed by atoms with Gasteiger partial charge in [-0.1, -0.05) is 0 Å². The molecule has 12 heteroatoms. The summed E-state index contributed by atoms with van der Waals surface area (Å²) >= 11 is 0. The minimum absolute atomic E-state index is 0.203. The fourth-order valence-electron chi connectivity index (χ4n) is 5.21. The molecule has 0 aliphatic carbocycles. The number of rotatable bonds is 7. The Kier molecular flexibility index (Phi) is 7.66. The van der Waals surface area contributed by atoms with Crippen molar-refractivity contribution in [3.63, 3.8) is 0 Å². The lowest BCUT2D eigenvalue weighted by atomic mass is 10.1. The molecule has 0 bridgehead atoms. The number of amides is 1. The maximum Gasteiger partial charge on any atom is 0.258 e. The number of aromatic nitrogens is 3. The molecule has 41 heavy (non-hydrogen) atoms. The zero-order valence-electron chi connectivity index (χ0n) is 22.7. The van der Waals surface area contributed by atoms with Crippen LogP contribution in [-0.2, 0) is 4.74 Å². The molecule has 214 valence electrons. The van der Waals surface area contributed by atoms with Crippen molar-refractivity contribution in [2.24, 2.45) is 0 Å². The van der Waals surface area contributed by atoms with Crippen molar-refractivity contribution in [3.05, 3.63) is 65.9 Å². The number of hydrogen-bond donors (Lipinski definition) is 4. The van der Waals surface area contributed by atoms with E-state index in [0.717, 1.165) is 56.5 Å². The summed E-state index contributed by atoms with van der Waals surface area (Å²) in [5.74, 6) is -1.40. The normalized spacial score (nSPS) is 16.6. The van der Waals surface area contributed by atoms with Gasteiger partial charge in [0.25, 0.3) is 5.91 Å². The number of piperazine rings is 1. The van der Waals surface area contributed by atoms with Crippen LogP contribution in [0.5, 0.6) is 0 Å². The number of carbonyl (C=O) groups is 1. The average Bonchev–Trinajstić information content (AvgIpc) is 3.35. The molecule has 0 unspecified atom stereocenters. The molecule has 2 aliphatic heterocycles. The highest BCUT2D eigenvalue weighted by atomic mass is 19.1. The Morgan fingerprint density at radius 1 is 1.00 bits per heavy atom. The molecule has 2 aliphatic rings. The Balaban J connectivity index is 1.25. The van der Waals surface area contributed by atoms with E-state index in [1.54, 1.807) is 6.07 Å². The highest BCUT2D eigenvalue weighted by Gasteiger charge is 2.22. The van der Waals surface area contributed by atoms with Crippen LogP contribution >= 0.6 is 0 Å². The van der Waals surface area contributed by atoms with Crippen molar-refractivity contribution in [2.75, 3.05) is 67.3 Å². The summed E-state index contributed by atoms with van der Waals surface area (Å²) in [7, 11) is 2.12. The third-order valence-corrected chi connectivity index (χ3v) is 7.50. The van der Waals surface area contributed by atoms with Crippen LogP contribution in [-0.4, -0.2) is 78.5 Å².